The van der Waals surface area contributed by atoms with Crippen molar-refractivity contribution < 1.29 is 27.6 Å². The van der Waals surface area contributed by atoms with Crippen molar-refractivity contribution in [3.63, 3.8) is 0 Å². The van der Waals surface area contributed by atoms with Crippen LogP contribution in [0, 0.1) is 17.8 Å². The number of rotatable bonds is 3. The minimum atomic E-state index is -4.60. The van der Waals surface area contributed by atoms with Crippen LogP contribution in [0.2, 0.25) is 0 Å². The number of hydrogen-bond donors (Lipinski definition) is 1. The van der Waals surface area contributed by atoms with Gasteiger partial charge in [0.25, 0.3) is 5.91 Å². The third kappa shape index (κ3) is 3.94. The predicted octanol–water partition coefficient (Wildman–Crippen LogP) is 4.88. The topological polar surface area (TPSA) is 66.5 Å². The molecule has 31 heavy (non-hydrogen) atoms. The summed E-state index contributed by atoms with van der Waals surface area (Å²) in [4.78, 5) is 39.2. The molecule has 2 aliphatic rings. The monoisotopic (exact) mass is 430 g/mol. The molecule has 1 saturated carbocycles. The van der Waals surface area contributed by atoms with E-state index in [0.29, 0.717) is 24.4 Å². The van der Waals surface area contributed by atoms with Crippen LogP contribution in [0.3, 0.4) is 0 Å². The molecule has 3 amide bonds. The molecule has 0 bridgehead atoms. The first-order valence-corrected chi connectivity index (χ1v) is 10.1. The molecule has 0 radical (unpaired) electrons. The maximum absolute atomic E-state index is 13.1. The Hall–Kier alpha value is -3.16. The lowest BCUT2D eigenvalue weighted by atomic mass is 9.76. The van der Waals surface area contributed by atoms with Crippen LogP contribution in [0.4, 0.5) is 24.5 Å². The molecule has 162 valence electrons. The summed E-state index contributed by atoms with van der Waals surface area (Å²) in [5.74, 6) is -1.38. The molecule has 0 spiro atoms. The molecule has 1 saturated heterocycles. The summed E-state index contributed by atoms with van der Waals surface area (Å²) in [7, 11) is 0. The van der Waals surface area contributed by atoms with Gasteiger partial charge in [-0.25, -0.2) is 0 Å². The number of anilines is 2. The highest BCUT2D eigenvalue weighted by atomic mass is 19.4. The largest absolute Gasteiger partial charge is 0.418 e. The summed E-state index contributed by atoms with van der Waals surface area (Å²) in [6.07, 6.45) is -2.32. The van der Waals surface area contributed by atoms with E-state index in [4.69, 9.17) is 0 Å². The van der Waals surface area contributed by atoms with Crippen LogP contribution >= 0.6 is 0 Å². The Morgan fingerprint density at radius 2 is 1.61 bits per heavy atom. The van der Waals surface area contributed by atoms with Crippen LogP contribution < -0.4 is 10.2 Å². The molecule has 1 heterocycles. The molecule has 2 fully saturated rings. The molecule has 8 heteroatoms. The second-order valence-electron chi connectivity index (χ2n) is 8.19. The van der Waals surface area contributed by atoms with Crippen LogP contribution in [0.1, 0.15) is 42.1 Å². The maximum Gasteiger partial charge on any atom is 0.418 e. The van der Waals surface area contributed by atoms with Crippen molar-refractivity contribution in [3.05, 3.63) is 59.7 Å². The van der Waals surface area contributed by atoms with Gasteiger partial charge in [-0.15, -0.1) is 0 Å². The molecule has 2 aromatic rings. The van der Waals surface area contributed by atoms with E-state index in [9.17, 15) is 27.6 Å². The standard InChI is InChI=1S/C23H21F3N2O3/c1-13-6-11-16-17(12-13)22(31)28(21(16)30)15-9-7-14(8-10-15)20(29)27-19-5-3-2-4-18(19)23(24,25)26/h2-5,7-10,13,16-17H,6,11-12H2,1H3,(H,27,29)/t13-,16-,17+/m1/s1. The number of hydrogen-bond acceptors (Lipinski definition) is 3. The number of benzene rings is 2. The summed E-state index contributed by atoms with van der Waals surface area (Å²) in [6, 6.07) is 10.5. The van der Waals surface area contributed by atoms with Gasteiger partial charge in [-0.2, -0.15) is 13.2 Å². The number of fused-ring (bicyclic) bond motifs is 1. The van der Waals surface area contributed by atoms with Crippen LogP contribution in [0.5, 0.6) is 0 Å². The fraction of sp³-hybridized carbons (Fsp3) is 0.348. The van der Waals surface area contributed by atoms with Gasteiger partial charge in [0, 0.05) is 5.56 Å². The van der Waals surface area contributed by atoms with E-state index in [1.54, 1.807) is 0 Å². The van der Waals surface area contributed by atoms with Crippen molar-refractivity contribution in [1.29, 1.82) is 0 Å². The smallest absolute Gasteiger partial charge is 0.321 e. The highest BCUT2D eigenvalue weighted by Gasteiger charge is 2.49. The van der Waals surface area contributed by atoms with E-state index < -0.39 is 17.6 Å². The van der Waals surface area contributed by atoms with Gasteiger partial charge in [0.15, 0.2) is 0 Å². The van der Waals surface area contributed by atoms with Crippen molar-refractivity contribution >= 4 is 29.1 Å². The fourth-order valence-electron chi connectivity index (χ4n) is 4.44. The van der Waals surface area contributed by atoms with Crippen LogP contribution in [0.25, 0.3) is 0 Å². The van der Waals surface area contributed by atoms with E-state index in [0.717, 1.165) is 12.5 Å². The first-order chi connectivity index (χ1) is 14.7. The Bertz CT molecular complexity index is 1030. The van der Waals surface area contributed by atoms with Crippen LogP contribution in [0.15, 0.2) is 48.5 Å². The van der Waals surface area contributed by atoms with Gasteiger partial charge in [0.05, 0.1) is 28.8 Å². The molecule has 1 aliphatic heterocycles. The van der Waals surface area contributed by atoms with Crippen molar-refractivity contribution in [1.82, 2.24) is 0 Å². The molecule has 1 aliphatic carbocycles. The Kier molecular flexibility index (Phi) is 5.33. The van der Waals surface area contributed by atoms with Gasteiger partial charge in [-0.05, 0) is 61.6 Å². The van der Waals surface area contributed by atoms with Crippen molar-refractivity contribution in [2.75, 3.05) is 10.2 Å². The van der Waals surface area contributed by atoms with Crippen LogP contribution in [-0.4, -0.2) is 17.7 Å². The molecule has 0 aromatic heterocycles. The van der Waals surface area contributed by atoms with E-state index >= 15 is 0 Å². The first-order valence-electron chi connectivity index (χ1n) is 10.1. The van der Waals surface area contributed by atoms with E-state index in [1.807, 2.05) is 0 Å². The van der Waals surface area contributed by atoms with Gasteiger partial charge < -0.3 is 5.32 Å². The minimum Gasteiger partial charge on any atom is -0.321 e. The number of halogens is 3. The Morgan fingerprint density at radius 1 is 0.968 bits per heavy atom. The number of alkyl halides is 3. The summed E-state index contributed by atoms with van der Waals surface area (Å²) in [5.41, 5.74) is -0.799. The zero-order valence-electron chi connectivity index (χ0n) is 16.8. The third-order valence-corrected chi connectivity index (χ3v) is 6.06. The molecule has 2 aromatic carbocycles. The fourth-order valence-corrected chi connectivity index (χ4v) is 4.44. The first kappa shape index (κ1) is 21.1. The number of carbonyl (C=O) groups excluding carboxylic acids is 3. The van der Waals surface area contributed by atoms with Crippen molar-refractivity contribution in [2.45, 2.75) is 32.4 Å². The van der Waals surface area contributed by atoms with Crippen molar-refractivity contribution in [2.24, 2.45) is 17.8 Å². The lowest BCUT2D eigenvalue weighted by Crippen LogP contribution is -2.30. The Morgan fingerprint density at radius 3 is 2.29 bits per heavy atom. The minimum absolute atomic E-state index is 0.117. The SMILES string of the molecule is C[C@@H]1CC[C@H]2C(=O)N(c3ccc(C(=O)Nc4ccccc4C(F)(F)F)cc3)C(=O)[C@H]2C1. The quantitative estimate of drug-likeness (QED) is 0.706. The van der Waals surface area contributed by atoms with Gasteiger partial charge in [0.2, 0.25) is 11.8 Å². The normalized spacial score (nSPS) is 23.6. The average Bonchev–Trinajstić information content (AvgIpc) is 2.97. The zero-order valence-corrected chi connectivity index (χ0v) is 16.8. The maximum atomic E-state index is 13.1. The van der Waals surface area contributed by atoms with Gasteiger partial charge in [0.1, 0.15) is 0 Å². The molecule has 4 rings (SSSR count). The van der Waals surface area contributed by atoms with E-state index in [-0.39, 0.29) is 34.9 Å². The molecule has 5 nitrogen and oxygen atoms in total. The van der Waals surface area contributed by atoms with Gasteiger partial charge in [-0.3, -0.25) is 19.3 Å². The second-order valence-corrected chi connectivity index (χ2v) is 8.19. The molecule has 1 N–H and O–H groups in total. The highest BCUT2D eigenvalue weighted by molar-refractivity contribution is 6.22. The van der Waals surface area contributed by atoms with Gasteiger partial charge in [-0.1, -0.05) is 19.1 Å². The zero-order chi connectivity index (χ0) is 22.3. The second kappa shape index (κ2) is 7.83. The number of carbonyl (C=O) groups is 3. The van der Waals surface area contributed by atoms with E-state index in [1.165, 1.54) is 47.4 Å². The number of amides is 3. The lowest BCUT2D eigenvalue weighted by Gasteiger charge is -2.25. The molecule has 0 unspecified atom stereocenters. The summed E-state index contributed by atoms with van der Waals surface area (Å²) in [6.45, 7) is 2.07. The summed E-state index contributed by atoms with van der Waals surface area (Å²) in [5, 5.41) is 2.28. The Labute approximate surface area is 177 Å². The number of nitrogens with zero attached hydrogens (tertiary/aromatic N) is 1. The molecular weight excluding hydrogens is 409 g/mol. The average molecular weight is 430 g/mol. The van der Waals surface area contributed by atoms with Gasteiger partial charge >= 0.3 is 6.18 Å². The highest BCUT2D eigenvalue weighted by Crippen LogP contribution is 2.42. The lowest BCUT2D eigenvalue weighted by molar-refractivity contribution is -0.137. The molecule has 3 atom stereocenters. The number of imide groups is 1. The van der Waals surface area contributed by atoms with Crippen molar-refractivity contribution in [3.8, 4) is 0 Å². The number of nitrogens with one attached hydrogen (secondary N) is 1. The summed E-state index contributed by atoms with van der Waals surface area (Å²) >= 11 is 0. The summed E-state index contributed by atoms with van der Waals surface area (Å²) < 4.78 is 39.4. The molecular formula is C23H21F3N2O3. The van der Waals surface area contributed by atoms with Crippen LogP contribution in [-0.2, 0) is 15.8 Å². The third-order valence-electron chi connectivity index (χ3n) is 6.06. The van der Waals surface area contributed by atoms with E-state index in [2.05, 4.69) is 12.2 Å². The number of para-hydroxylation sites is 1. The predicted molar refractivity (Wildman–Crippen MR) is 108 cm³/mol. The Balaban J connectivity index is 1.52.